The lowest BCUT2D eigenvalue weighted by Gasteiger charge is -2.22. The number of carbonyl (C=O) groups excluding carboxylic acids is 1. The molecule has 1 aromatic carbocycles. The third-order valence-corrected chi connectivity index (χ3v) is 3.86. The lowest BCUT2D eigenvalue weighted by atomic mass is 10.0. The number of aliphatic hydroxyl groups excluding tert-OH is 1. The molecular formula is C17H23N3O2. The van der Waals surface area contributed by atoms with E-state index in [1.54, 1.807) is 17.4 Å². The van der Waals surface area contributed by atoms with Gasteiger partial charge in [0.25, 0.3) is 0 Å². The summed E-state index contributed by atoms with van der Waals surface area (Å²) in [6.07, 6.45) is 4.63. The van der Waals surface area contributed by atoms with Crippen LogP contribution in [0.2, 0.25) is 0 Å². The lowest BCUT2D eigenvalue weighted by Crippen LogP contribution is -2.33. The molecule has 0 radical (unpaired) electrons. The van der Waals surface area contributed by atoms with E-state index in [1.807, 2.05) is 23.7 Å². The molecule has 0 bridgehead atoms. The minimum Gasteiger partial charge on any atom is -0.395 e. The zero-order valence-electron chi connectivity index (χ0n) is 13.2. The summed E-state index contributed by atoms with van der Waals surface area (Å²) >= 11 is 0. The van der Waals surface area contributed by atoms with Gasteiger partial charge in [0.05, 0.1) is 25.2 Å². The standard InChI is InChI=1S/C17H23N3O2/c1-14-5-3-4-6-15(14)7-8-17(22)20(9-10-21)12-16-11-18-13-19(16)2/h3-6,11,13,21H,7-10,12H2,1-2H3. The minimum atomic E-state index is -0.0338. The van der Waals surface area contributed by atoms with E-state index in [4.69, 9.17) is 0 Å². The average molecular weight is 301 g/mol. The van der Waals surface area contributed by atoms with Crippen molar-refractivity contribution >= 4 is 5.91 Å². The molecule has 0 atom stereocenters. The molecule has 0 saturated carbocycles. The van der Waals surface area contributed by atoms with Crippen LogP contribution in [0.1, 0.15) is 23.2 Å². The zero-order valence-corrected chi connectivity index (χ0v) is 13.2. The van der Waals surface area contributed by atoms with Crippen molar-refractivity contribution in [3.8, 4) is 0 Å². The quantitative estimate of drug-likeness (QED) is 0.846. The molecule has 0 aliphatic carbocycles. The summed E-state index contributed by atoms with van der Waals surface area (Å²) in [5, 5.41) is 9.20. The van der Waals surface area contributed by atoms with Crippen molar-refractivity contribution in [2.45, 2.75) is 26.3 Å². The number of imidazole rings is 1. The second-order valence-electron chi connectivity index (χ2n) is 5.46. The molecule has 5 nitrogen and oxygen atoms in total. The fourth-order valence-corrected chi connectivity index (χ4v) is 2.44. The van der Waals surface area contributed by atoms with Gasteiger partial charge in [0.1, 0.15) is 0 Å². The molecular weight excluding hydrogens is 278 g/mol. The zero-order chi connectivity index (χ0) is 15.9. The third kappa shape index (κ3) is 4.18. The van der Waals surface area contributed by atoms with Crippen molar-refractivity contribution in [1.29, 1.82) is 0 Å². The first kappa shape index (κ1) is 16.2. The van der Waals surface area contributed by atoms with E-state index in [1.165, 1.54) is 11.1 Å². The monoisotopic (exact) mass is 301 g/mol. The number of aliphatic hydroxyl groups is 1. The highest BCUT2D eigenvalue weighted by Crippen LogP contribution is 2.12. The normalized spacial score (nSPS) is 10.7. The van der Waals surface area contributed by atoms with Crippen LogP contribution in [0.3, 0.4) is 0 Å². The van der Waals surface area contributed by atoms with Gasteiger partial charge in [0.2, 0.25) is 5.91 Å². The Labute approximate surface area is 131 Å². The minimum absolute atomic E-state index is 0.0338. The molecule has 0 aliphatic rings. The number of hydrogen-bond acceptors (Lipinski definition) is 3. The Bertz CT molecular complexity index is 622. The molecule has 1 N–H and O–H groups in total. The molecule has 0 saturated heterocycles. The van der Waals surface area contributed by atoms with Gasteiger partial charge in [-0.05, 0) is 24.5 Å². The van der Waals surface area contributed by atoms with Crippen LogP contribution in [0.4, 0.5) is 0 Å². The number of carbonyl (C=O) groups is 1. The summed E-state index contributed by atoms with van der Waals surface area (Å²) in [6, 6.07) is 8.11. The Kier molecular flexibility index (Phi) is 5.72. The second-order valence-corrected chi connectivity index (χ2v) is 5.46. The van der Waals surface area contributed by atoms with Gasteiger partial charge in [-0.3, -0.25) is 4.79 Å². The van der Waals surface area contributed by atoms with Gasteiger partial charge in [-0.1, -0.05) is 24.3 Å². The smallest absolute Gasteiger partial charge is 0.223 e. The number of nitrogens with zero attached hydrogens (tertiary/aromatic N) is 3. The summed E-state index contributed by atoms with van der Waals surface area (Å²) in [6.45, 7) is 2.84. The number of amides is 1. The first-order valence-electron chi connectivity index (χ1n) is 7.50. The van der Waals surface area contributed by atoms with Crippen molar-refractivity contribution < 1.29 is 9.90 Å². The maximum Gasteiger partial charge on any atom is 0.223 e. The van der Waals surface area contributed by atoms with Crippen LogP contribution < -0.4 is 0 Å². The van der Waals surface area contributed by atoms with Crippen LogP contribution in [0.15, 0.2) is 36.8 Å². The lowest BCUT2D eigenvalue weighted by molar-refractivity contribution is -0.132. The van der Waals surface area contributed by atoms with Crippen molar-refractivity contribution in [2.24, 2.45) is 7.05 Å². The van der Waals surface area contributed by atoms with Crippen molar-refractivity contribution in [1.82, 2.24) is 14.5 Å². The van der Waals surface area contributed by atoms with E-state index in [0.29, 0.717) is 19.5 Å². The molecule has 5 heteroatoms. The summed E-state index contributed by atoms with van der Waals surface area (Å²) < 4.78 is 1.89. The van der Waals surface area contributed by atoms with Crippen molar-refractivity contribution in [3.63, 3.8) is 0 Å². The van der Waals surface area contributed by atoms with Gasteiger partial charge in [-0.25, -0.2) is 4.98 Å². The van der Waals surface area contributed by atoms with Crippen molar-refractivity contribution in [3.05, 3.63) is 53.6 Å². The van der Waals surface area contributed by atoms with E-state index in [0.717, 1.165) is 12.1 Å². The first-order valence-corrected chi connectivity index (χ1v) is 7.50. The predicted octanol–water partition coefficient (Wildman–Crippen LogP) is 1.68. The highest BCUT2D eigenvalue weighted by Gasteiger charge is 2.15. The Morgan fingerprint density at radius 1 is 1.36 bits per heavy atom. The van der Waals surface area contributed by atoms with Crippen LogP contribution in [0, 0.1) is 6.92 Å². The molecule has 0 aliphatic heterocycles. The van der Waals surface area contributed by atoms with Crippen molar-refractivity contribution in [2.75, 3.05) is 13.2 Å². The van der Waals surface area contributed by atoms with E-state index < -0.39 is 0 Å². The van der Waals surface area contributed by atoms with Crippen LogP contribution >= 0.6 is 0 Å². The summed E-state index contributed by atoms with van der Waals surface area (Å²) in [7, 11) is 1.90. The van der Waals surface area contributed by atoms with Crippen LogP contribution in [-0.4, -0.2) is 38.6 Å². The summed E-state index contributed by atoms with van der Waals surface area (Å²) in [5.41, 5.74) is 3.36. The molecule has 1 aromatic heterocycles. The maximum absolute atomic E-state index is 12.4. The van der Waals surface area contributed by atoms with Crippen LogP contribution in [0.25, 0.3) is 0 Å². The fourth-order valence-electron chi connectivity index (χ4n) is 2.44. The van der Waals surface area contributed by atoms with Gasteiger partial charge >= 0.3 is 0 Å². The van der Waals surface area contributed by atoms with Gasteiger partial charge < -0.3 is 14.6 Å². The number of rotatable bonds is 7. The van der Waals surface area contributed by atoms with Crippen LogP contribution in [-0.2, 0) is 24.8 Å². The van der Waals surface area contributed by atoms with E-state index >= 15 is 0 Å². The largest absolute Gasteiger partial charge is 0.395 e. The Balaban J connectivity index is 1.97. The maximum atomic E-state index is 12.4. The van der Waals surface area contributed by atoms with E-state index in [9.17, 15) is 9.90 Å². The first-order chi connectivity index (χ1) is 10.6. The van der Waals surface area contributed by atoms with Gasteiger partial charge in [-0.2, -0.15) is 0 Å². The molecule has 118 valence electrons. The predicted molar refractivity (Wildman–Crippen MR) is 85.2 cm³/mol. The van der Waals surface area contributed by atoms with Gasteiger partial charge in [0, 0.05) is 26.2 Å². The third-order valence-electron chi connectivity index (χ3n) is 3.86. The SMILES string of the molecule is Cc1ccccc1CCC(=O)N(CCO)Cc1cncn1C. The molecule has 1 amide bonds. The average Bonchev–Trinajstić information content (AvgIpc) is 2.91. The summed E-state index contributed by atoms with van der Waals surface area (Å²) in [4.78, 5) is 18.2. The molecule has 1 heterocycles. The van der Waals surface area contributed by atoms with E-state index in [2.05, 4.69) is 24.0 Å². The highest BCUT2D eigenvalue weighted by atomic mass is 16.3. The van der Waals surface area contributed by atoms with E-state index in [-0.39, 0.29) is 12.5 Å². The number of benzene rings is 1. The molecule has 2 aromatic rings. The fraction of sp³-hybridized carbons (Fsp3) is 0.412. The topological polar surface area (TPSA) is 58.4 Å². The molecule has 0 fully saturated rings. The Morgan fingerprint density at radius 3 is 2.77 bits per heavy atom. The molecule has 22 heavy (non-hydrogen) atoms. The Hall–Kier alpha value is -2.14. The van der Waals surface area contributed by atoms with Gasteiger partial charge in [-0.15, -0.1) is 0 Å². The highest BCUT2D eigenvalue weighted by molar-refractivity contribution is 5.76. The number of aryl methyl sites for hydroxylation is 3. The summed E-state index contributed by atoms with van der Waals surface area (Å²) in [5.74, 6) is 0.0542. The molecule has 2 rings (SSSR count). The van der Waals surface area contributed by atoms with Gasteiger partial charge in [0.15, 0.2) is 0 Å². The second kappa shape index (κ2) is 7.75. The van der Waals surface area contributed by atoms with Crippen LogP contribution in [0.5, 0.6) is 0 Å². The molecule has 0 spiro atoms. The number of hydrogen-bond donors (Lipinski definition) is 1. The molecule has 0 unspecified atom stereocenters. The Morgan fingerprint density at radius 2 is 2.14 bits per heavy atom. The number of aromatic nitrogens is 2.